The third-order valence-electron chi connectivity index (χ3n) is 4.01. The fraction of sp³-hybridized carbons (Fsp3) is 0.444. The highest BCUT2D eigenvalue weighted by atomic mass is 16.1. The molecule has 1 heterocycles. The zero-order valence-electron chi connectivity index (χ0n) is 13.7. The van der Waals surface area contributed by atoms with Crippen LogP contribution in [0.25, 0.3) is 0 Å². The number of amides is 1. The Bertz CT molecular complexity index is 658. The Kier molecular flexibility index (Phi) is 4.76. The summed E-state index contributed by atoms with van der Waals surface area (Å²) >= 11 is 0. The van der Waals surface area contributed by atoms with Crippen LogP contribution in [0.3, 0.4) is 0 Å². The van der Waals surface area contributed by atoms with E-state index in [1.165, 1.54) is 11.1 Å². The number of nitrogens with one attached hydrogen (secondary N) is 2. The van der Waals surface area contributed by atoms with Crippen LogP contribution in [0.5, 0.6) is 0 Å². The summed E-state index contributed by atoms with van der Waals surface area (Å²) in [5, 5.41) is 10.8. The van der Waals surface area contributed by atoms with Gasteiger partial charge < -0.3 is 10.6 Å². The second-order valence-corrected chi connectivity index (χ2v) is 6.47. The van der Waals surface area contributed by atoms with Crippen LogP contribution in [0.1, 0.15) is 41.3 Å². The first-order valence-electron chi connectivity index (χ1n) is 8.22. The van der Waals surface area contributed by atoms with Crippen molar-refractivity contribution in [2.45, 2.75) is 51.9 Å². The highest BCUT2D eigenvalue weighted by Crippen LogP contribution is 2.19. The summed E-state index contributed by atoms with van der Waals surface area (Å²) in [6.07, 6.45) is 6.15. The van der Waals surface area contributed by atoms with Gasteiger partial charge >= 0.3 is 0 Å². The highest BCUT2D eigenvalue weighted by Gasteiger charge is 2.23. The Morgan fingerprint density at radius 1 is 1.35 bits per heavy atom. The molecule has 0 aliphatic heterocycles. The summed E-state index contributed by atoms with van der Waals surface area (Å²) < 4.78 is 1.96. The Hall–Kier alpha value is -2.14. The first-order chi connectivity index (χ1) is 11.1. The quantitative estimate of drug-likeness (QED) is 0.824. The SMILES string of the molecule is Cc1cnn(C[C@H](C)NCc2ccc(C(=O)NC3CC3)cc2)c1. The van der Waals surface area contributed by atoms with E-state index in [-0.39, 0.29) is 5.91 Å². The van der Waals surface area contributed by atoms with Crippen molar-refractivity contribution < 1.29 is 4.79 Å². The predicted octanol–water partition coefficient (Wildman–Crippen LogP) is 2.26. The van der Waals surface area contributed by atoms with Crippen LogP contribution in [-0.4, -0.2) is 27.8 Å². The van der Waals surface area contributed by atoms with Crippen LogP contribution in [0.15, 0.2) is 36.7 Å². The molecule has 1 aliphatic carbocycles. The fourth-order valence-electron chi connectivity index (χ4n) is 2.47. The van der Waals surface area contributed by atoms with Crippen molar-refractivity contribution in [2.24, 2.45) is 0 Å². The molecule has 3 rings (SSSR count). The third-order valence-corrected chi connectivity index (χ3v) is 4.01. The maximum absolute atomic E-state index is 11.9. The molecule has 2 N–H and O–H groups in total. The molecule has 1 aromatic heterocycles. The average molecular weight is 312 g/mol. The molecule has 5 nitrogen and oxygen atoms in total. The molecule has 1 fully saturated rings. The molecule has 0 bridgehead atoms. The van der Waals surface area contributed by atoms with Crippen LogP contribution in [0, 0.1) is 6.92 Å². The number of hydrogen-bond donors (Lipinski definition) is 2. The van der Waals surface area contributed by atoms with Crippen molar-refractivity contribution in [1.29, 1.82) is 0 Å². The summed E-state index contributed by atoms with van der Waals surface area (Å²) in [5.74, 6) is 0.0365. The molecule has 5 heteroatoms. The molecular weight excluding hydrogens is 288 g/mol. The van der Waals surface area contributed by atoms with Crippen LogP contribution in [0.2, 0.25) is 0 Å². The van der Waals surface area contributed by atoms with Gasteiger partial charge in [-0.15, -0.1) is 0 Å². The van der Waals surface area contributed by atoms with E-state index in [4.69, 9.17) is 0 Å². The molecule has 0 saturated heterocycles. The van der Waals surface area contributed by atoms with E-state index in [1.807, 2.05) is 48.3 Å². The maximum Gasteiger partial charge on any atom is 0.251 e. The van der Waals surface area contributed by atoms with Crippen molar-refractivity contribution in [1.82, 2.24) is 20.4 Å². The normalized spacial score (nSPS) is 15.4. The lowest BCUT2D eigenvalue weighted by atomic mass is 10.1. The van der Waals surface area contributed by atoms with Gasteiger partial charge in [-0.2, -0.15) is 5.10 Å². The van der Waals surface area contributed by atoms with E-state index in [0.29, 0.717) is 12.1 Å². The van der Waals surface area contributed by atoms with Gasteiger partial charge in [-0.1, -0.05) is 12.1 Å². The molecule has 0 unspecified atom stereocenters. The first-order valence-corrected chi connectivity index (χ1v) is 8.22. The van der Waals surface area contributed by atoms with Gasteiger partial charge in [0.2, 0.25) is 0 Å². The van der Waals surface area contributed by atoms with Gasteiger partial charge in [-0.3, -0.25) is 9.48 Å². The van der Waals surface area contributed by atoms with E-state index in [2.05, 4.69) is 22.7 Å². The van der Waals surface area contributed by atoms with Crippen molar-refractivity contribution in [3.8, 4) is 0 Å². The molecule has 2 aromatic rings. The summed E-state index contributed by atoms with van der Waals surface area (Å²) in [6.45, 7) is 5.82. The molecule has 23 heavy (non-hydrogen) atoms. The molecule has 122 valence electrons. The van der Waals surface area contributed by atoms with Crippen LogP contribution < -0.4 is 10.6 Å². The maximum atomic E-state index is 11.9. The second-order valence-electron chi connectivity index (χ2n) is 6.47. The Morgan fingerprint density at radius 3 is 2.70 bits per heavy atom. The van der Waals surface area contributed by atoms with Crippen LogP contribution in [-0.2, 0) is 13.1 Å². The number of hydrogen-bond acceptors (Lipinski definition) is 3. The minimum Gasteiger partial charge on any atom is -0.349 e. The molecule has 1 amide bonds. The molecule has 1 saturated carbocycles. The molecule has 1 aliphatic rings. The molecule has 0 radical (unpaired) electrons. The lowest BCUT2D eigenvalue weighted by Gasteiger charge is -2.14. The summed E-state index contributed by atoms with van der Waals surface area (Å²) in [7, 11) is 0. The molecule has 0 spiro atoms. The number of nitrogens with zero attached hydrogens (tertiary/aromatic N) is 2. The number of aromatic nitrogens is 2. The number of rotatable bonds is 7. The van der Waals surface area contributed by atoms with Gasteiger partial charge in [0.15, 0.2) is 0 Å². The summed E-state index contributed by atoms with van der Waals surface area (Å²) in [4.78, 5) is 11.9. The topological polar surface area (TPSA) is 59.0 Å². The van der Waals surface area contributed by atoms with Crippen molar-refractivity contribution in [2.75, 3.05) is 0 Å². The van der Waals surface area contributed by atoms with Gasteiger partial charge in [0, 0.05) is 30.4 Å². The van der Waals surface area contributed by atoms with Crippen molar-refractivity contribution >= 4 is 5.91 Å². The number of carbonyl (C=O) groups excluding carboxylic acids is 1. The standard InChI is InChI=1S/C18H24N4O/c1-13-9-20-22(11-13)12-14(2)19-10-15-3-5-16(6-4-15)18(23)21-17-7-8-17/h3-6,9,11,14,17,19H,7-8,10,12H2,1-2H3,(H,21,23)/t14-/m0/s1. The third kappa shape index (κ3) is 4.66. The highest BCUT2D eigenvalue weighted by molar-refractivity contribution is 5.94. The molecular formula is C18H24N4O. The Labute approximate surface area is 137 Å². The number of aryl methyl sites for hydroxylation is 1. The molecule has 1 aromatic carbocycles. The smallest absolute Gasteiger partial charge is 0.251 e. The molecule has 1 atom stereocenters. The number of carbonyl (C=O) groups is 1. The average Bonchev–Trinajstić information content (AvgIpc) is 3.26. The minimum absolute atomic E-state index is 0.0365. The van der Waals surface area contributed by atoms with E-state index in [9.17, 15) is 4.79 Å². The van der Waals surface area contributed by atoms with Gasteiger partial charge in [0.1, 0.15) is 0 Å². The number of benzene rings is 1. The van der Waals surface area contributed by atoms with Crippen molar-refractivity contribution in [3.63, 3.8) is 0 Å². The Balaban J connectivity index is 1.46. The van der Waals surface area contributed by atoms with Gasteiger partial charge in [-0.05, 0) is 49.9 Å². The summed E-state index contributed by atoms with van der Waals surface area (Å²) in [5.41, 5.74) is 3.09. The van der Waals surface area contributed by atoms with Gasteiger partial charge in [0.05, 0.1) is 12.7 Å². The largest absolute Gasteiger partial charge is 0.349 e. The van der Waals surface area contributed by atoms with Crippen LogP contribution >= 0.6 is 0 Å². The first kappa shape index (κ1) is 15.7. The van der Waals surface area contributed by atoms with E-state index < -0.39 is 0 Å². The van der Waals surface area contributed by atoms with Gasteiger partial charge in [-0.25, -0.2) is 0 Å². The predicted molar refractivity (Wildman–Crippen MR) is 90.2 cm³/mol. The van der Waals surface area contributed by atoms with Crippen LogP contribution in [0.4, 0.5) is 0 Å². The zero-order chi connectivity index (χ0) is 16.2. The summed E-state index contributed by atoms with van der Waals surface area (Å²) in [6, 6.07) is 8.55. The van der Waals surface area contributed by atoms with E-state index in [1.54, 1.807) is 0 Å². The minimum atomic E-state index is 0.0365. The second kappa shape index (κ2) is 6.96. The fourth-order valence-corrected chi connectivity index (χ4v) is 2.47. The van der Waals surface area contributed by atoms with Gasteiger partial charge in [0.25, 0.3) is 5.91 Å². The zero-order valence-corrected chi connectivity index (χ0v) is 13.7. The van der Waals surface area contributed by atoms with Crippen molar-refractivity contribution in [3.05, 3.63) is 53.3 Å². The van der Waals surface area contributed by atoms with E-state index in [0.717, 1.165) is 31.5 Å². The Morgan fingerprint density at radius 2 is 2.09 bits per heavy atom. The van der Waals surface area contributed by atoms with E-state index >= 15 is 0 Å². The lowest BCUT2D eigenvalue weighted by molar-refractivity contribution is 0.0951. The monoisotopic (exact) mass is 312 g/mol. The lowest BCUT2D eigenvalue weighted by Crippen LogP contribution is -2.30.